The molecular formula is C32H38N2O5. The second-order valence-electron chi connectivity index (χ2n) is 10.7. The van der Waals surface area contributed by atoms with Gasteiger partial charge in [0.1, 0.15) is 5.75 Å². The highest BCUT2D eigenvalue weighted by Gasteiger charge is 2.36. The van der Waals surface area contributed by atoms with Gasteiger partial charge in [-0.3, -0.25) is 9.80 Å². The molecule has 7 nitrogen and oxygen atoms in total. The fourth-order valence-corrected chi connectivity index (χ4v) is 5.48. The zero-order valence-electron chi connectivity index (χ0n) is 22.5. The van der Waals surface area contributed by atoms with Crippen molar-refractivity contribution in [2.75, 3.05) is 39.4 Å². The van der Waals surface area contributed by atoms with Crippen LogP contribution in [0.2, 0.25) is 0 Å². The van der Waals surface area contributed by atoms with E-state index in [4.69, 9.17) is 9.47 Å². The summed E-state index contributed by atoms with van der Waals surface area (Å²) in [7, 11) is 0. The minimum atomic E-state index is -0.822. The summed E-state index contributed by atoms with van der Waals surface area (Å²) in [6.45, 7) is 7.61. The molecule has 7 heteroatoms. The number of morpholine rings is 1. The van der Waals surface area contributed by atoms with E-state index in [1.165, 1.54) is 0 Å². The Balaban J connectivity index is 1.13. The van der Waals surface area contributed by atoms with Crippen molar-refractivity contribution in [2.24, 2.45) is 0 Å². The van der Waals surface area contributed by atoms with E-state index < -0.39 is 17.7 Å². The van der Waals surface area contributed by atoms with Gasteiger partial charge in [0, 0.05) is 38.8 Å². The summed E-state index contributed by atoms with van der Waals surface area (Å²) in [6.07, 6.45) is 0.547. The van der Waals surface area contributed by atoms with E-state index in [0.717, 1.165) is 49.5 Å². The number of hydrogen-bond acceptors (Lipinski definition) is 7. The zero-order valence-corrected chi connectivity index (χ0v) is 22.5. The molecule has 2 atom stereocenters. The maximum Gasteiger partial charge on any atom is 0.343 e. The number of esters is 1. The first kappa shape index (κ1) is 27.5. The minimum absolute atomic E-state index is 0.116. The summed E-state index contributed by atoms with van der Waals surface area (Å²) in [4.78, 5) is 17.2. The third-order valence-electron chi connectivity index (χ3n) is 8.10. The average molecular weight is 531 g/mol. The highest BCUT2D eigenvalue weighted by atomic mass is 16.5. The maximum atomic E-state index is 12.7. The lowest BCUT2D eigenvalue weighted by Crippen LogP contribution is -2.47. The lowest BCUT2D eigenvalue weighted by atomic mass is 9.83. The Hall–Kier alpha value is -3.07. The van der Waals surface area contributed by atoms with E-state index >= 15 is 0 Å². The summed E-state index contributed by atoms with van der Waals surface area (Å²) in [5, 5.41) is 22.2. The van der Waals surface area contributed by atoms with Crippen LogP contribution >= 0.6 is 0 Å². The van der Waals surface area contributed by atoms with Gasteiger partial charge in [-0.1, -0.05) is 54.6 Å². The molecule has 2 N–H and O–H groups in total. The zero-order chi connectivity index (χ0) is 27.2. The predicted octanol–water partition coefficient (Wildman–Crippen LogP) is 4.14. The minimum Gasteiger partial charge on any atom is -0.423 e. The number of piperidine rings is 1. The molecule has 0 saturated carbocycles. The Morgan fingerprint density at radius 3 is 2.21 bits per heavy atom. The Labute approximate surface area is 230 Å². The molecule has 39 heavy (non-hydrogen) atoms. The molecule has 0 spiro atoms. The first-order valence-electron chi connectivity index (χ1n) is 13.8. The fourth-order valence-electron chi connectivity index (χ4n) is 5.48. The number of carbonyl (C=O) groups excluding carboxylic acids is 1. The van der Waals surface area contributed by atoms with E-state index in [0.29, 0.717) is 37.2 Å². The molecule has 0 bridgehead atoms. The molecule has 3 aromatic rings. The lowest BCUT2D eigenvalue weighted by Gasteiger charge is -2.42. The van der Waals surface area contributed by atoms with Crippen molar-refractivity contribution in [1.82, 2.24) is 9.80 Å². The van der Waals surface area contributed by atoms with E-state index in [1.807, 2.05) is 49.4 Å². The molecule has 0 aliphatic carbocycles. The number of aliphatic hydroxyl groups is 2. The summed E-state index contributed by atoms with van der Waals surface area (Å²) in [5.41, 5.74) is 2.54. The highest BCUT2D eigenvalue weighted by molar-refractivity contribution is 5.91. The number of benzene rings is 3. The molecule has 2 saturated heterocycles. The van der Waals surface area contributed by atoms with Gasteiger partial charge in [0.15, 0.2) is 0 Å². The first-order chi connectivity index (χ1) is 18.9. The molecule has 2 aliphatic rings. The SMILES string of the molecule is C[C@@H](C(O)c1ccc(OC(=O)c2ccc(CN3CCOCC3)cc2)cc1)N1CCC(O)(c2ccccc2)CC1. The largest absolute Gasteiger partial charge is 0.423 e. The number of carbonyl (C=O) groups is 1. The van der Waals surface area contributed by atoms with Crippen molar-refractivity contribution in [3.05, 3.63) is 101 Å². The fraction of sp³-hybridized carbons (Fsp3) is 0.406. The van der Waals surface area contributed by atoms with Gasteiger partial charge in [-0.15, -0.1) is 0 Å². The number of ether oxygens (including phenoxy) is 2. The van der Waals surface area contributed by atoms with E-state index in [2.05, 4.69) is 9.80 Å². The van der Waals surface area contributed by atoms with Crippen molar-refractivity contribution in [1.29, 1.82) is 0 Å². The Kier molecular flexibility index (Phi) is 8.75. The number of hydrogen-bond donors (Lipinski definition) is 2. The quantitative estimate of drug-likeness (QED) is 0.335. The van der Waals surface area contributed by atoms with Crippen LogP contribution in [0, 0.1) is 0 Å². The molecule has 2 fully saturated rings. The maximum absolute atomic E-state index is 12.7. The summed E-state index contributed by atoms with van der Waals surface area (Å²) in [5.74, 6) is 0.0284. The summed E-state index contributed by atoms with van der Waals surface area (Å²) in [6, 6.07) is 24.3. The predicted molar refractivity (Wildman–Crippen MR) is 150 cm³/mol. The van der Waals surface area contributed by atoms with Crippen LogP contribution in [0.3, 0.4) is 0 Å². The Morgan fingerprint density at radius 2 is 1.56 bits per heavy atom. The second kappa shape index (κ2) is 12.4. The molecule has 0 amide bonds. The molecule has 3 aromatic carbocycles. The third kappa shape index (κ3) is 6.75. The number of nitrogens with zero attached hydrogens (tertiary/aromatic N) is 2. The monoisotopic (exact) mass is 530 g/mol. The molecule has 1 unspecified atom stereocenters. The molecule has 206 valence electrons. The molecule has 5 rings (SSSR count). The Bertz CT molecular complexity index is 1200. The van der Waals surface area contributed by atoms with Crippen molar-refractivity contribution >= 4 is 5.97 Å². The van der Waals surface area contributed by atoms with Gasteiger partial charge >= 0.3 is 5.97 Å². The summed E-state index contributed by atoms with van der Waals surface area (Å²) < 4.78 is 11.0. The highest BCUT2D eigenvalue weighted by Crippen LogP contribution is 2.35. The van der Waals surface area contributed by atoms with Gasteiger partial charge in [0.05, 0.1) is 30.5 Å². The second-order valence-corrected chi connectivity index (χ2v) is 10.7. The van der Waals surface area contributed by atoms with Gasteiger partial charge in [-0.25, -0.2) is 4.79 Å². The van der Waals surface area contributed by atoms with Crippen LogP contribution in [0.15, 0.2) is 78.9 Å². The lowest BCUT2D eigenvalue weighted by molar-refractivity contribution is -0.0501. The van der Waals surface area contributed by atoms with Crippen molar-refractivity contribution < 1.29 is 24.5 Å². The van der Waals surface area contributed by atoms with Crippen LogP contribution in [-0.2, 0) is 16.9 Å². The van der Waals surface area contributed by atoms with Gasteiger partial charge in [0.25, 0.3) is 0 Å². The molecule has 0 radical (unpaired) electrons. The van der Waals surface area contributed by atoms with Crippen LogP contribution in [0.25, 0.3) is 0 Å². The van der Waals surface area contributed by atoms with Crippen LogP contribution in [0.4, 0.5) is 0 Å². The number of aliphatic hydroxyl groups excluding tert-OH is 1. The Morgan fingerprint density at radius 1 is 0.923 bits per heavy atom. The van der Waals surface area contributed by atoms with Gasteiger partial charge in [-0.2, -0.15) is 0 Å². The summed E-state index contributed by atoms with van der Waals surface area (Å²) >= 11 is 0. The topological polar surface area (TPSA) is 82.5 Å². The molecule has 0 aromatic heterocycles. The van der Waals surface area contributed by atoms with Crippen LogP contribution < -0.4 is 4.74 Å². The van der Waals surface area contributed by atoms with Crippen LogP contribution in [-0.4, -0.2) is 71.4 Å². The van der Waals surface area contributed by atoms with Crippen molar-refractivity contribution in [2.45, 2.75) is 44.1 Å². The molecular weight excluding hydrogens is 492 g/mol. The van der Waals surface area contributed by atoms with Gasteiger partial charge in [-0.05, 0) is 60.7 Å². The van der Waals surface area contributed by atoms with Gasteiger partial charge in [0.2, 0.25) is 0 Å². The van der Waals surface area contributed by atoms with Crippen molar-refractivity contribution in [3.8, 4) is 5.75 Å². The molecule has 2 heterocycles. The van der Waals surface area contributed by atoms with E-state index in [-0.39, 0.29) is 6.04 Å². The van der Waals surface area contributed by atoms with Crippen molar-refractivity contribution in [3.63, 3.8) is 0 Å². The number of likely N-dealkylation sites (tertiary alicyclic amines) is 1. The van der Waals surface area contributed by atoms with Gasteiger partial charge < -0.3 is 19.7 Å². The first-order valence-corrected chi connectivity index (χ1v) is 13.8. The normalized spacial score (nSPS) is 19.8. The van der Waals surface area contributed by atoms with E-state index in [1.54, 1.807) is 36.4 Å². The standard InChI is InChI=1S/C32H38N2O5/c1-24(34-17-15-32(37,16-18-34)28-5-3-2-4-6-28)30(35)26-11-13-29(14-12-26)39-31(36)27-9-7-25(8-10-27)23-33-19-21-38-22-20-33/h2-14,24,30,35,37H,15-23H2,1H3/t24-,30?/m0/s1. The molecule has 2 aliphatic heterocycles. The smallest absolute Gasteiger partial charge is 0.343 e. The van der Waals surface area contributed by atoms with Crippen LogP contribution in [0.1, 0.15) is 52.9 Å². The number of rotatable bonds is 8. The van der Waals surface area contributed by atoms with Crippen LogP contribution in [0.5, 0.6) is 5.75 Å². The van der Waals surface area contributed by atoms with E-state index in [9.17, 15) is 15.0 Å². The average Bonchev–Trinajstić information content (AvgIpc) is 2.98. The third-order valence-corrected chi connectivity index (χ3v) is 8.10.